The summed E-state index contributed by atoms with van der Waals surface area (Å²) in [5.74, 6) is 0.331. The topological polar surface area (TPSA) is 77.1 Å². The Hall–Kier alpha value is -2.71. The fraction of sp³-hybridized carbons (Fsp3) is 0.364. The number of tetrazole rings is 1. The molecule has 2 heterocycles. The van der Waals surface area contributed by atoms with Crippen LogP contribution in [0.4, 0.5) is 0 Å². The maximum Gasteiger partial charge on any atom is 0.230 e. The van der Waals surface area contributed by atoms with Crippen LogP contribution < -0.4 is 10.2 Å². The number of carbonyl (C=O) groups is 1. The second kappa shape index (κ2) is 9.40. The smallest absolute Gasteiger partial charge is 0.230 e. The summed E-state index contributed by atoms with van der Waals surface area (Å²) in [4.78, 5) is 14.0. The van der Waals surface area contributed by atoms with E-state index in [1.807, 2.05) is 38.1 Å². The molecule has 7 nitrogen and oxygen atoms in total. The quantitative estimate of drug-likeness (QED) is 0.561. The van der Waals surface area contributed by atoms with E-state index in [-0.39, 0.29) is 11.9 Å². The van der Waals surface area contributed by atoms with E-state index >= 15 is 0 Å². The van der Waals surface area contributed by atoms with E-state index in [1.54, 1.807) is 4.68 Å². The number of aryl methyl sites for hydroxylation is 2. The molecule has 4 rings (SSSR count). The Labute approximate surface area is 180 Å². The standard InChI is InChI=1S/C22H26N6OS/c1-16-7-6-8-17(2)21(16)28-22(24-25-26-28)30-15-20(29)23-19-11-12-27(14-19)13-18-9-4-3-5-10-18/h3-10,19H,11-15H2,1-2H3,(H,23,29)/p+1/t19-/m1/s1. The highest BCUT2D eigenvalue weighted by Crippen LogP contribution is 2.23. The summed E-state index contributed by atoms with van der Waals surface area (Å²) in [5.41, 5.74) is 4.51. The highest BCUT2D eigenvalue weighted by Gasteiger charge is 2.27. The van der Waals surface area contributed by atoms with E-state index in [1.165, 1.54) is 22.2 Å². The zero-order valence-corrected chi connectivity index (χ0v) is 18.2. The largest absolute Gasteiger partial charge is 0.347 e. The number of carbonyl (C=O) groups excluding carboxylic acids is 1. The Morgan fingerprint density at radius 2 is 1.93 bits per heavy atom. The highest BCUT2D eigenvalue weighted by molar-refractivity contribution is 7.99. The van der Waals surface area contributed by atoms with Gasteiger partial charge in [-0.3, -0.25) is 4.79 Å². The molecule has 1 unspecified atom stereocenters. The summed E-state index contributed by atoms with van der Waals surface area (Å²) in [5, 5.41) is 15.9. The Bertz CT molecular complexity index is 986. The normalized spacial score (nSPS) is 18.5. The summed E-state index contributed by atoms with van der Waals surface area (Å²) in [7, 11) is 0. The lowest BCUT2D eigenvalue weighted by Crippen LogP contribution is -3.09. The summed E-state index contributed by atoms with van der Waals surface area (Å²) in [6, 6.07) is 16.8. The van der Waals surface area contributed by atoms with Crippen molar-refractivity contribution in [2.75, 3.05) is 18.8 Å². The van der Waals surface area contributed by atoms with Gasteiger partial charge in [0, 0.05) is 12.0 Å². The van der Waals surface area contributed by atoms with Crippen molar-refractivity contribution in [3.63, 3.8) is 0 Å². The van der Waals surface area contributed by atoms with Gasteiger partial charge in [0.15, 0.2) is 0 Å². The van der Waals surface area contributed by atoms with Gasteiger partial charge in [-0.15, -0.1) is 5.10 Å². The van der Waals surface area contributed by atoms with E-state index < -0.39 is 0 Å². The summed E-state index contributed by atoms with van der Waals surface area (Å²) in [6.07, 6.45) is 1.01. The fourth-order valence-corrected chi connectivity index (χ4v) is 4.74. The summed E-state index contributed by atoms with van der Waals surface area (Å²) < 4.78 is 1.73. The Morgan fingerprint density at radius 1 is 1.17 bits per heavy atom. The zero-order chi connectivity index (χ0) is 20.9. The van der Waals surface area contributed by atoms with Crippen molar-refractivity contribution in [3.05, 3.63) is 65.2 Å². The zero-order valence-electron chi connectivity index (χ0n) is 17.3. The summed E-state index contributed by atoms with van der Waals surface area (Å²) >= 11 is 1.37. The van der Waals surface area contributed by atoms with Gasteiger partial charge < -0.3 is 10.2 Å². The molecule has 1 amide bonds. The van der Waals surface area contributed by atoms with Crippen LogP contribution in [0.15, 0.2) is 53.7 Å². The van der Waals surface area contributed by atoms with Crippen molar-refractivity contribution in [1.29, 1.82) is 0 Å². The van der Waals surface area contributed by atoms with Crippen LogP contribution in [0.25, 0.3) is 5.69 Å². The molecule has 1 aromatic heterocycles. The molecule has 8 heteroatoms. The number of hydrogen-bond donors (Lipinski definition) is 2. The number of para-hydroxylation sites is 1. The monoisotopic (exact) mass is 423 g/mol. The molecule has 1 saturated heterocycles. The molecule has 0 saturated carbocycles. The predicted molar refractivity (Wildman–Crippen MR) is 117 cm³/mol. The number of nitrogens with one attached hydrogen (secondary N) is 2. The highest BCUT2D eigenvalue weighted by atomic mass is 32.2. The number of rotatable bonds is 7. The first kappa shape index (κ1) is 20.6. The van der Waals surface area contributed by atoms with Gasteiger partial charge in [0.05, 0.1) is 30.6 Å². The number of thioether (sulfide) groups is 1. The van der Waals surface area contributed by atoms with Gasteiger partial charge in [0.2, 0.25) is 11.1 Å². The minimum Gasteiger partial charge on any atom is -0.347 e. The molecule has 2 aromatic carbocycles. The fourth-order valence-electron chi connectivity index (χ4n) is 4.05. The molecule has 0 bridgehead atoms. The van der Waals surface area contributed by atoms with Crippen molar-refractivity contribution in [3.8, 4) is 5.69 Å². The maximum absolute atomic E-state index is 12.5. The second-order valence-corrected chi connectivity index (χ2v) is 8.76. The number of benzene rings is 2. The number of amides is 1. The molecule has 1 aliphatic heterocycles. The molecule has 0 spiro atoms. The first-order valence-electron chi connectivity index (χ1n) is 10.2. The molecule has 2 atom stereocenters. The van der Waals surface area contributed by atoms with Gasteiger partial charge in [-0.05, 0) is 35.4 Å². The lowest BCUT2D eigenvalue weighted by atomic mass is 10.1. The van der Waals surface area contributed by atoms with Crippen LogP contribution >= 0.6 is 11.8 Å². The van der Waals surface area contributed by atoms with E-state index in [0.29, 0.717) is 10.9 Å². The molecule has 1 aliphatic rings. The van der Waals surface area contributed by atoms with Crippen LogP contribution in [0.5, 0.6) is 0 Å². The van der Waals surface area contributed by atoms with Crippen molar-refractivity contribution in [2.24, 2.45) is 0 Å². The maximum atomic E-state index is 12.5. The van der Waals surface area contributed by atoms with Crippen LogP contribution in [0.1, 0.15) is 23.1 Å². The third kappa shape index (κ3) is 4.88. The molecule has 156 valence electrons. The minimum absolute atomic E-state index is 0.0296. The lowest BCUT2D eigenvalue weighted by molar-refractivity contribution is -0.901. The minimum atomic E-state index is 0.0296. The van der Waals surface area contributed by atoms with Crippen molar-refractivity contribution in [1.82, 2.24) is 25.5 Å². The molecule has 3 aromatic rings. The first-order chi connectivity index (χ1) is 14.6. The SMILES string of the molecule is Cc1cccc(C)c1-n1nnnc1SCC(=O)N[C@@H]1CC[NH+](Cc2ccccc2)C1. The number of quaternary nitrogens is 1. The van der Waals surface area contributed by atoms with Crippen molar-refractivity contribution < 1.29 is 9.69 Å². The van der Waals surface area contributed by atoms with Gasteiger partial charge in [-0.25, -0.2) is 0 Å². The van der Waals surface area contributed by atoms with Gasteiger partial charge in [0.25, 0.3) is 0 Å². The third-order valence-electron chi connectivity index (χ3n) is 5.47. The van der Waals surface area contributed by atoms with Gasteiger partial charge in [-0.1, -0.05) is 60.3 Å². The van der Waals surface area contributed by atoms with Gasteiger partial charge in [0.1, 0.15) is 6.54 Å². The Morgan fingerprint density at radius 3 is 2.70 bits per heavy atom. The van der Waals surface area contributed by atoms with Crippen LogP contribution in [-0.2, 0) is 11.3 Å². The van der Waals surface area contributed by atoms with E-state index in [0.717, 1.165) is 42.9 Å². The third-order valence-corrected chi connectivity index (χ3v) is 6.39. The van der Waals surface area contributed by atoms with Crippen LogP contribution in [0, 0.1) is 13.8 Å². The Kier molecular flexibility index (Phi) is 6.44. The van der Waals surface area contributed by atoms with E-state index in [2.05, 4.69) is 45.1 Å². The molecule has 0 radical (unpaired) electrons. The van der Waals surface area contributed by atoms with Crippen molar-refractivity contribution >= 4 is 17.7 Å². The Balaban J connectivity index is 1.30. The second-order valence-electron chi connectivity index (χ2n) is 7.82. The number of aromatic nitrogens is 4. The first-order valence-corrected chi connectivity index (χ1v) is 11.2. The number of hydrogen-bond acceptors (Lipinski definition) is 5. The van der Waals surface area contributed by atoms with Crippen LogP contribution in [-0.4, -0.2) is 51.0 Å². The van der Waals surface area contributed by atoms with Gasteiger partial charge in [-0.2, -0.15) is 4.68 Å². The average Bonchev–Trinajstić information content (AvgIpc) is 3.37. The molecule has 0 aliphatic carbocycles. The number of nitrogens with zero attached hydrogens (tertiary/aromatic N) is 4. The van der Waals surface area contributed by atoms with Gasteiger partial charge >= 0.3 is 0 Å². The molecular weight excluding hydrogens is 396 g/mol. The molecule has 30 heavy (non-hydrogen) atoms. The molecular formula is C22H27N6OS+. The molecule has 2 N–H and O–H groups in total. The van der Waals surface area contributed by atoms with E-state index in [4.69, 9.17) is 0 Å². The van der Waals surface area contributed by atoms with Crippen LogP contribution in [0.3, 0.4) is 0 Å². The van der Waals surface area contributed by atoms with Crippen LogP contribution in [0.2, 0.25) is 0 Å². The average molecular weight is 424 g/mol. The lowest BCUT2D eigenvalue weighted by Gasteiger charge is -2.14. The predicted octanol–water partition coefficient (Wildman–Crippen LogP) is 1.34. The number of likely N-dealkylation sites (tertiary alicyclic amines) is 1. The molecule has 1 fully saturated rings. The summed E-state index contributed by atoms with van der Waals surface area (Å²) in [6.45, 7) is 7.12. The van der Waals surface area contributed by atoms with E-state index in [9.17, 15) is 4.79 Å². The van der Waals surface area contributed by atoms with Crippen molar-refractivity contribution in [2.45, 2.75) is 38.0 Å².